The number of hydrogen-bond donors (Lipinski definition) is 4. The minimum absolute atomic E-state index is 0.0455. The monoisotopic (exact) mass is 489 g/mol. The number of amides is 2. The molecule has 2 heterocycles. The zero-order valence-corrected chi connectivity index (χ0v) is 19.3. The van der Waals surface area contributed by atoms with Gasteiger partial charge in [0, 0.05) is 23.5 Å². The number of rotatable bonds is 9. The van der Waals surface area contributed by atoms with E-state index in [-0.39, 0.29) is 35.2 Å². The molecule has 11 nitrogen and oxygen atoms in total. The maximum Gasteiger partial charge on any atom is 0.272 e. The number of fused-ring (bicyclic) bond motifs is 1. The van der Waals surface area contributed by atoms with Gasteiger partial charge in [-0.25, -0.2) is 0 Å². The van der Waals surface area contributed by atoms with E-state index in [0.29, 0.717) is 18.1 Å². The lowest BCUT2D eigenvalue weighted by Gasteiger charge is -2.13. The molecule has 184 valence electrons. The van der Waals surface area contributed by atoms with Gasteiger partial charge in [-0.2, -0.15) is 0 Å². The van der Waals surface area contributed by atoms with Gasteiger partial charge in [-0.15, -0.1) is 0 Å². The van der Waals surface area contributed by atoms with Gasteiger partial charge >= 0.3 is 0 Å². The number of anilines is 1. The number of benzene rings is 2. The van der Waals surface area contributed by atoms with Crippen molar-refractivity contribution in [1.82, 2.24) is 20.5 Å². The van der Waals surface area contributed by atoms with Gasteiger partial charge in [0.2, 0.25) is 5.91 Å². The van der Waals surface area contributed by atoms with Crippen molar-refractivity contribution in [2.75, 3.05) is 18.5 Å². The summed E-state index contributed by atoms with van der Waals surface area (Å²) in [5.41, 5.74) is 0.261. The molecule has 2 amide bonds. The SMILES string of the molecule is CCOc1cc(C(=O)NCC(=O)Nc2cccc3c(=O)[nH][nH]c(=O)c23)ccc1OCc1cccnc1. The molecular weight excluding hydrogens is 466 g/mol. The molecule has 0 bridgehead atoms. The summed E-state index contributed by atoms with van der Waals surface area (Å²) in [4.78, 5) is 53.3. The van der Waals surface area contributed by atoms with Crippen LogP contribution in [0.3, 0.4) is 0 Å². The molecule has 0 aliphatic carbocycles. The van der Waals surface area contributed by atoms with Crippen LogP contribution in [0.4, 0.5) is 5.69 Å². The van der Waals surface area contributed by atoms with Crippen LogP contribution in [0.5, 0.6) is 11.5 Å². The predicted octanol–water partition coefficient (Wildman–Crippen LogP) is 1.96. The van der Waals surface area contributed by atoms with Crippen molar-refractivity contribution in [2.24, 2.45) is 0 Å². The lowest BCUT2D eigenvalue weighted by Crippen LogP contribution is -2.33. The molecule has 36 heavy (non-hydrogen) atoms. The Balaban J connectivity index is 1.41. The highest BCUT2D eigenvalue weighted by Gasteiger charge is 2.15. The molecule has 0 atom stereocenters. The van der Waals surface area contributed by atoms with E-state index >= 15 is 0 Å². The Bertz CT molecular complexity index is 1510. The number of pyridine rings is 1. The van der Waals surface area contributed by atoms with E-state index in [0.717, 1.165) is 5.56 Å². The minimum Gasteiger partial charge on any atom is -0.490 e. The van der Waals surface area contributed by atoms with E-state index in [2.05, 4.69) is 25.8 Å². The van der Waals surface area contributed by atoms with E-state index in [1.807, 2.05) is 19.1 Å². The Morgan fingerprint density at radius 3 is 2.58 bits per heavy atom. The summed E-state index contributed by atoms with van der Waals surface area (Å²) in [6.07, 6.45) is 3.37. The maximum absolute atomic E-state index is 12.7. The Morgan fingerprint density at radius 1 is 0.972 bits per heavy atom. The topological polar surface area (TPSA) is 155 Å². The summed E-state index contributed by atoms with van der Waals surface area (Å²) in [5.74, 6) is -0.223. The summed E-state index contributed by atoms with van der Waals surface area (Å²) in [6.45, 7) is 2.10. The third-order valence-corrected chi connectivity index (χ3v) is 5.13. The van der Waals surface area contributed by atoms with Crippen molar-refractivity contribution in [3.63, 3.8) is 0 Å². The zero-order valence-electron chi connectivity index (χ0n) is 19.3. The second-order valence-corrected chi connectivity index (χ2v) is 7.61. The number of aromatic nitrogens is 3. The van der Waals surface area contributed by atoms with Crippen LogP contribution in [0, 0.1) is 0 Å². The maximum atomic E-state index is 12.7. The van der Waals surface area contributed by atoms with Crippen LogP contribution in [0.25, 0.3) is 10.8 Å². The van der Waals surface area contributed by atoms with Gasteiger partial charge in [0.25, 0.3) is 17.0 Å². The molecule has 2 aromatic carbocycles. The number of carbonyl (C=O) groups is 2. The number of carbonyl (C=O) groups excluding carboxylic acids is 2. The van der Waals surface area contributed by atoms with Crippen LogP contribution in [0.15, 0.2) is 70.5 Å². The van der Waals surface area contributed by atoms with Crippen molar-refractivity contribution in [3.05, 3.63) is 92.8 Å². The number of nitrogens with one attached hydrogen (secondary N) is 4. The van der Waals surface area contributed by atoms with E-state index in [1.165, 1.54) is 18.2 Å². The Morgan fingerprint density at radius 2 is 1.81 bits per heavy atom. The molecular formula is C25H23N5O6. The van der Waals surface area contributed by atoms with Crippen molar-refractivity contribution in [1.29, 1.82) is 0 Å². The van der Waals surface area contributed by atoms with Crippen molar-refractivity contribution < 1.29 is 19.1 Å². The highest BCUT2D eigenvalue weighted by atomic mass is 16.5. The fraction of sp³-hybridized carbons (Fsp3) is 0.160. The van der Waals surface area contributed by atoms with Crippen LogP contribution >= 0.6 is 0 Å². The van der Waals surface area contributed by atoms with Gasteiger partial charge in [0.15, 0.2) is 11.5 Å². The minimum atomic E-state index is -0.572. The summed E-state index contributed by atoms with van der Waals surface area (Å²) in [6, 6.07) is 12.9. The summed E-state index contributed by atoms with van der Waals surface area (Å²) in [5, 5.41) is 9.72. The van der Waals surface area contributed by atoms with Gasteiger partial charge in [-0.05, 0) is 43.3 Å². The third-order valence-electron chi connectivity index (χ3n) is 5.13. The van der Waals surface area contributed by atoms with Crippen LogP contribution < -0.4 is 31.2 Å². The lowest BCUT2D eigenvalue weighted by atomic mass is 10.1. The van der Waals surface area contributed by atoms with Gasteiger partial charge in [-0.3, -0.25) is 34.4 Å². The second-order valence-electron chi connectivity index (χ2n) is 7.61. The highest BCUT2D eigenvalue weighted by molar-refractivity contribution is 6.04. The smallest absolute Gasteiger partial charge is 0.272 e. The zero-order chi connectivity index (χ0) is 25.5. The van der Waals surface area contributed by atoms with Gasteiger partial charge in [-0.1, -0.05) is 12.1 Å². The van der Waals surface area contributed by atoms with Crippen molar-refractivity contribution >= 4 is 28.3 Å². The largest absolute Gasteiger partial charge is 0.490 e. The Labute approximate surface area is 204 Å². The van der Waals surface area contributed by atoms with E-state index in [4.69, 9.17) is 9.47 Å². The average molecular weight is 489 g/mol. The van der Waals surface area contributed by atoms with Crippen LogP contribution in [0.1, 0.15) is 22.8 Å². The summed E-state index contributed by atoms with van der Waals surface area (Å²) < 4.78 is 11.4. The van der Waals surface area contributed by atoms with Gasteiger partial charge < -0.3 is 20.1 Å². The van der Waals surface area contributed by atoms with Gasteiger partial charge in [0.1, 0.15) is 6.61 Å². The fourth-order valence-electron chi connectivity index (χ4n) is 3.47. The highest BCUT2D eigenvalue weighted by Crippen LogP contribution is 2.29. The third kappa shape index (κ3) is 5.58. The number of aromatic amines is 2. The standard InChI is InChI=1S/C25H23N5O6/c1-2-35-20-11-16(8-9-19(20)36-14-15-5-4-10-26-12-15)23(32)27-13-21(31)28-18-7-3-6-17-22(18)25(34)30-29-24(17)33/h3-12H,2,13-14H2,1H3,(H,27,32)(H,28,31)(H,29,33)(H,30,34). The van der Waals surface area contributed by atoms with E-state index in [1.54, 1.807) is 30.6 Å². The first-order valence-corrected chi connectivity index (χ1v) is 11.1. The summed E-state index contributed by atoms with van der Waals surface area (Å²) >= 11 is 0. The molecule has 0 aliphatic heterocycles. The number of H-pyrrole nitrogens is 2. The molecule has 0 unspecified atom stereocenters. The van der Waals surface area contributed by atoms with E-state index in [9.17, 15) is 19.2 Å². The Kier molecular flexibility index (Phi) is 7.39. The molecule has 4 aromatic rings. The number of ether oxygens (including phenoxy) is 2. The molecule has 0 aliphatic rings. The molecule has 0 fully saturated rings. The van der Waals surface area contributed by atoms with Crippen LogP contribution in [-0.4, -0.2) is 40.1 Å². The van der Waals surface area contributed by atoms with E-state index < -0.39 is 22.9 Å². The molecule has 0 spiro atoms. The molecule has 0 saturated carbocycles. The summed E-state index contributed by atoms with van der Waals surface area (Å²) in [7, 11) is 0. The molecule has 0 radical (unpaired) electrons. The first-order valence-electron chi connectivity index (χ1n) is 11.1. The van der Waals surface area contributed by atoms with Crippen molar-refractivity contribution in [3.8, 4) is 11.5 Å². The second kappa shape index (κ2) is 11.0. The average Bonchev–Trinajstić information content (AvgIpc) is 2.89. The predicted molar refractivity (Wildman–Crippen MR) is 132 cm³/mol. The first-order chi connectivity index (χ1) is 17.5. The number of hydrogen-bond acceptors (Lipinski definition) is 7. The molecule has 0 saturated heterocycles. The molecule has 4 rings (SSSR count). The van der Waals surface area contributed by atoms with Crippen LogP contribution in [0.2, 0.25) is 0 Å². The fourth-order valence-corrected chi connectivity index (χ4v) is 3.47. The quantitative estimate of drug-likeness (QED) is 0.280. The lowest BCUT2D eigenvalue weighted by molar-refractivity contribution is -0.115. The molecule has 2 aromatic heterocycles. The molecule has 4 N–H and O–H groups in total. The van der Waals surface area contributed by atoms with Crippen molar-refractivity contribution in [2.45, 2.75) is 13.5 Å². The number of nitrogens with zero attached hydrogens (tertiary/aromatic N) is 1. The molecule has 11 heteroatoms. The Hall–Kier alpha value is -4.93. The van der Waals surface area contributed by atoms with Gasteiger partial charge in [0.05, 0.1) is 29.6 Å². The normalized spacial score (nSPS) is 10.6. The van der Waals surface area contributed by atoms with Crippen LogP contribution in [-0.2, 0) is 11.4 Å². The first kappa shape index (κ1) is 24.2.